The van der Waals surface area contributed by atoms with Crippen LogP contribution in [-0.2, 0) is 6.61 Å². The van der Waals surface area contributed by atoms with Crippen LogP contribution in [0.25, 0.3) is 11.1 Å². The van der Waals surface area contributed by atoms with Crippen molar-refractivity contribution in [3.63, 3.8) is 0 Å². The zero-order valence-electron chi connectivity index (χ0n) is 27.7. The van der Waals surface area contributed by atoms with E-state index in [1.165, 1.54) is 12.2 Å². The van der Waals surface area contributed by atoms with Gasteiger partial charge in [0.05, 0.1) is 40.6 Å². The largest absolute Gasteiger partial charge is 0.508 e. The van der Waals surface area contributed by atoms with Crippen molar-refractivity contribution in [2.24, 2.45) is 0 Å². The van der Waals surface area contributed by atoms with E-state index in [0.29, 0.717) is 35.2 Å². The minimum atomic E-state index is 0.145. The second-order valence-corrected chi connectivity index (χ2v) is 10.4. The lowest BCUT2D eigenvalue weighted by Gasteiger charge is -2.13. The molecular formula is C41H36N2O6. The first-order valence-corrected chi connectivity index (χ1v) is 15.1. The van der Waals surface area contributed by atoms with Crippen LogP contribution >= 0.6 is 0 Å². The van der Waals surface area contributed by atoms with Gasteiger partial charge in [0.2, 0.25) is 0 Å². The number of hydrogen-bond donors (Lipinski definition) is 1. The third-order valence-electron chi connectivity index (χ3n) is 7.29. The Labute approximate surface area is 286 Å². The molecule has 0 fully saturated rings. The number of rotatable bonds is 11. The molecule has 49 heavy (non-hydrogen) atoms. The molecule has 1 N–H and O–H groups in total. The molecule has 0 aromatic heterocycles. The minimum Gasteiger partial charge on any atom is -0.508 e. The van der Waals surface area contributed by atoms with Crippen LogP contribution in [0.3, 0.4) is 0 Å². The highest BCUT2D eigenvalue weighted by Crippen LogP contribution is 2.33. The first kappa shape index (κ1) is 35.2. The van der Waals surface area contributed by atoms with E-state index in [-0.39, 0.29) is 5.75 Å². The molecule has 0 saturated heterocycles. The Morgan fingerprint density at radius 1 is 0.531 bits per heavy atom. The molecular weight excluding hydrogens is 616 g/mol. The molecule has 246 valence electrons. The highest BCUT2D eigenvalue weighted by Gasteiger charge is 2.12. The molecule has 0 aliphatic carbocycles. The summed E-state index contributed by atoms with van der Waals surface area (Å²) >= 11 is 0. The molecule has 5 rings (SSSR count). The maximum absolute atomic E-state index is 9.62. The van der Waals surface area contributed by atoms with Gasteiger partial charge >= 0.3 is 0 Å². The van der Waals surface area contributed by atoms with Crippen molar-refractivity contribution in [2.75, 3.05) is 28.4 Å². The van der Waals surface area contributed by atoms with E-state index in [9.17, 15) is 10.4 Å². The summed E-state index contributed by atoms with van der Waals surface area (Å²) in [4.78, 5) is 0. The quantitative estimate of drug-likeness (QED) is 0.141. The van der Waals surface area contributed by atoms with Gasteiger partial charge in [-0.05, 0) is 87.5 Å². The van der Waals surface area contributed by atoms with Gasteiger partial charge in [-0.15, -0.1) is 0 Å². The monoisotopic (exact) mass is 652 g/mol. The van der Waals surface area contributed by atoms with Crippen LogP contribution in [0.4, 0.5) is 0 Å². The first-order valence-electron chi connectivity index (χ1n) is 15.1. The lowest BCUT2D eigenvalue weighted by atomic mass is 9.97. The number of methoxy groups -OCH3 is 4. The summed E-state index contributed by atoms with van der Waals surface area (Å²) in [6.07, 6.45) is 2.95. The van der Waals surface area contributed by atoms with Crippen LogP contribution in [0.1, 0.15) is 27.8 Å². The molecule has 0 atom stereocenters. The molecule has 0 unspecified atom stereocenters. The predicted octanol–water partition coefficient (Wildman–Crippen LogP) is 8.60. The van der Waals surface area contributed by atoms with Gasteiger partial charge in [-0.3, -0.25) is 0 Å². The summed E-state index contributed by atoms with van der Waals surface area (Å²) in [6, 6.07) is 39.5. The zero-order chi connectivity index (χ0) is 35.0. The van der Waals surface area contributed by atoms with Crippen molar-refractivity contribution in [1.29, 1.82) is 10.5 Å². The summed E-state index contributed by atoms with van der Waals surface area (Å²) in [5.74, 6) is 3.47. The van der Waals surface area contributed by atoms with Gasteiger partial charge < -0.3 is 28.8 Å². The number of nitriles is 2. The first-order chi connectivity index (χ1) is 23.9. The van der Waals surface area contributed by atoms with Gasteiger partial charge in [-0.25, -0.2) is 0 Å². The summed E-state index contributed by atoms with van der Waals surface area (Å²) in [5, 5.41) is 28.0. The number of hydrogen-bond acceptors (Lipinski definition) is 8. The second-order valence-electron chi connectivity index (χ2n) is 10.4. The lowest BCUT2D eigenvalue weighted by molar-refractivity contribution is 0.306. The Balaban J connectivity index is 0.000000230. The molecule has 0 amide bonds. The molecule has 0 saturated carbocycles. The van der Waals surface area contributed by atoms with Gasteiger partial charge in [-0.2, -0.15) is 10.5 Å². The number of allylic oxidation sites excluding steroid dienone is 2. The maximum atomic E-state index is 9.62. The molecule has 0 radical (unpaired) electrons. The van der Waals surface area contributed by atoms with E-state index < -0.39 is 0 Å². The summed E-state index contributed by atoms with van der Waals surface area (Å²) in [5.41, 5.74) is 5.78. The average molecular weight is 653 g/mol. The summed E-state index contributed by atoms with van der Waals surface area (Å²) in [6.45, 7) is 0.481. The Morgan fingerprint density at radius 3 is 1.43 bits per heavy atom. The van der Waals surface area contributed by atoms with Crippen LogP contribution < -0.4 is 23.7 Å². The Morgan fingerprint density at radius 2 is 0.980 bits per heavy atom. The number of ether oxygens (including phenoxy) is 5. The number of benzene rings is 5. The number of phenolic OH excluding ortho intramolecular Hbond substituents is 1. The van der Waals surface area contributed by atoms with Gasteiger partial charge in [0, 0.05) is 24.3 Å². The van der Waals surface area contributed by atoms with Crippen LogP contribution in [-0.4, -0.2) is 33.5 Å². The smallest absolute Gasteiger partial charge is 0.123 e. The average Bonchev–Trinajstić information content (AvgIpc) is 3.15. The predicted molar refractivity (Wildman–Crippen MR) is 190 cm³/mol. The third kappa shape index (κ3) is 9.92. The van der Waals surface area contributed by atoms with E-state index in [4.69, 9.17) is 28.9 Å². The van der Waals surface area contributed by atoms with Crippen LogP contribution in [0.2, 0.25) is 0 Å². The molecule has 5 aromatic rings. The molecule has 8 nitrogen and oxygen atoms in total. The molecule has 8 heteroatoms. The molecule has 0 aliphatic rings. The van der Waals surface area contributed by atoms with E-state index in [1.807, 2.05) is 91.0 Å². The van der Waals surface area contributed by atoms with Crippen LogP contribution in [0.15, 0.2) is 127 Å². The number of aromatic hydroxyl groups is 1. The van der Waals surface area contributed by atoms with Crippen molar-refractivity contribution in [2.45, 2.75) is 6.61 Å². The van der Waals surface area contributed by atoms with Crippen LogP contribution in [0, 0.1) is 22.7 Å². The van der Waals surface area contributed by atoms with Crippen molar-refractivity contribution >= 4 is 11.1 Å². The molecule has 0 aliphatic heterocycles. The number of phenols is 1. The van der Waals surface area contributed by atoms with Gasteiger partial charge in [0.25, 0.3) is 0 Å². The topological polar surface area (TPSA) is 114 Å². The van der Waals surface area contributed by atoms with E-state index in [1.54, 1.807) is 58.8 Å². The zero-order valence-corrected chi connectivity index (χ0v) is 27.7. The molecule has 0 spiro atoms. The fourth-order valence-electron chi connectivity index (χ4n) is 4.89. The van der Waals surface area contributed by atoms with E-state index in [2.05, 4.69) is 6.07 Å². The number of nitrogens with zero attached hydrogens (tertiary/aromatic N) is 2. The van der Waals surface area contributed by atoms with Crippen molar-refractivity contribution in [3.8, 4) is 46.6 Å². The Bertz CT molecular complexity index is 1960. The Hall–Kier alpha value is -6.64. The molecule has 5 aromatic carbocycles. The van der Waals surface area contributed by atoms with Crippen molar-refractivity contribution in [3.05, 3.63) is 155 Å². The standard InChI is InChI=1S/C24H21NO3.C17H15NO3/c1-26-22-14-20(15-23(16-22)27-2)24(11-12-25)19-9-6-10-21(13-19)28-17-18-7-4-3-5-8-18;1-20-15-9-13(10-16(11-15)21-2)17(6-7-18)12-4-3-5-14(19)8-12/h3-11,13-16H,17H2,1-2H3;3-6,8-11,19H,1-2H3. The minimum absolute atomic E-state index is 0.145. The van der Waals surface area contributed by atoms with Gasteiger partial charge in [0.1, 0.15) is 41.1 Å². The third-order valence-corrected chi connectivity index (χ3v) is 7.29. The van der Waals surface area contributed by atoms with Gasteiger partial charge in [0.15, 0.2) is 0 Å². The van der Waals surface area contributed by atoms with Gasteiger partial charge in [-0.1, -0.05) is 54.6 Å². The maximum Gasteiger partial charge on any atom is 0.123 e. The summed E-state index contributed by atoms with van der Waals surface area (Å²) < 4.78 is 27.1. The fourth-order valence-corrected chi connectivity index (χ4v) is 4.89. The molecule has 0 bridgehead atoms. The second kappa shape index (κ2) is 17.9. The lowest BCUT2D eigenvalue weighted by Crippen LogP contribution is -1.97. The van der Waals surface area contributed by atoms with Crippen molar-refractivity contribution < 1.29 is 28.8 Å². The van der Waals surface area contributed by atoms with Crippen LogP contribution in [0.5, 0.6) is 34.5 Å². The molecule has 0 heterocycles. The highest BCUT2D eigenvalue weighted by atomic mass is 16.5. The fraction of sp³-hybridized carbons (Fsp3) is 0.122. The Kier molecular flexibility index (Phi) is 12.9. The normalized spacial score (nSPS) is 10.8. The van der Waals surface area contributed by atoms with E-state index >= 15 is 0 Å². The van der Waals surface area contributed by atoms with E-state index in [0.717, 1.165) is 39.1 Å². The van der Waals surface area contributed by atoms with Crippen molar-refractivity contribution in [1.82, 2.24) is 0 Å². The SMILES string of the molecule is COc1cc(OC)cc(C(=CC#N)c2cccc(O)c2)c1.COc1cc(OC)cc(C(=CC#N)c2cccc(OCc3ccccc3)c2)c1. The highest BCUT2D eigenvalue weighted by molar-refractivity contribution is 5.83. The summed E-state index contributed by atoms with van der Waals surface area (Å²) in [7, 11) is 6.34.